The summed E-state index contributed by atoms with van der Waals surface area (Å²) >= 11 is 0. The van der Waals surface area contributed by atoms with Crippen molar-refractivity contribution in [3.63, 3.8) is 0 Å². The molecule has 5 aromatic rings. The van der Waals surface area contributed by atoms with E-state index in [1.54, 1.807) is 0 Å². The number of fused-ring (bicyclic) bond motifs is 2. The molecule has 46 heavy (non-hydrogen) atoms. The number of aromatic amines is 2. The molecule has 0 fully saturated rings. The highest BCUT2D eigenvalue weighted by atomic mass is 16.5. The molecule has 2 aromatic heterocycles. The van der Waals surface area contributed by atoms with E-state index in [2.05, 4.69) is 20.6 Å². The zero-order valence-corrected chi connectivity index (χ0v) is 25.3. The number of carbonyl (C=O) groups excluding carboxylic acids is 5. The Bertz CT molecular complexity index is 1750. The van der Waals surface area contributed by atoms with E-state index in [0.29, 0.717) is 11.4 Å². The molecule has 0 spiro atoms. The van der Waals surface area contributed by atoms with E-state index in [-0.39, 0.29) is 29.7 Å². The van der Waals surface area contributed by atoms with Crippen molar-refractivity contribution >= 4 is 51.5 Å². The fourth-order valence-corrected chi connectivity index (χ4v) is 5.17. The van der Waals surface area contributed by atoms with Crippen molar-refractivity contribution in [1.29, 1.82) is 0 Å². The third-order valence-electron chi connectivity index (χ3n) is 7.29. The number of ether oxygens (including phenoxy) is 3. The van der Waals surface area contributed by atoms with E-state index in [1.807, 2.05) is 60.7 Å². The van der Waals surface area contributed by atoms with Crippen LogP contribution < -0.4 is 15.4 Å². The number of methoxy groups -OCH3 is 2. The lowest BCUT2D eigenvalue weighted by atomic mass is 10.1. The fourth-order valence-electron chi connectivity index (χ4n) is 5.17. The molecular formula is C34H32N4O8. The molecule has 12 nitrogen and oxygen atoms in total. The smallest absolute Gasteiger partial charge is 0.328 e. The van der Waals surface area contributed by atoms with Crippen LogP contribution in [0.1, 0.15) is 39.0 Å². The molecule has 3 aromatic carbocycles. The van der Waals surface area contributed by atoms with E-state index in [4.69, 9.17) is 14.2 Å². The molecule has 12 heteroatoms. The molecule has 0 radical (unpaired) electrons. The van der Waals surface area contributed by atoms with E-state index in [9.17, 15) is 24.0 Å². The quantitative estimate of drug-likeness (QED) is 0.128. The average Bonchev–Trinajstić information content (AvgIpc) is 3.65. The summed E-state index contributed by atoms with van der Waals surface area (Å²) in [5.41, 5.74) is 2.97. The van der Waals surface area contributed by atoms with Gasteiger partial charge in [0.15, 0.2) is 0 Å². The number of rotatable bonds is 11. The lowest BCUT2D eigenvalue weighted by molar-refractivity contribution is -0.143. The van der Waals surface area contributed by atoms with Crippen LogP contribution in [0, 0.1) is 0 Å². The molecule has 0 aliphatic carbocycles. The minimum atomic E-state index is -1.08. The van der Waals surface area contributed by atoms with Gasteiger partial charge in [-0.3, -0.25) is 14.4 Å². The average molecular weight is 625 g/mol. The molecule has 4 N–H and O–H groups in total. The summed E-state index contributed by atoms with van der Waals surface area (Å²) in [5, 5.41) is 7.18. The van der Waals surface area contributed by atoms with Gasteiger partial charge in [0, 0.05) is 53.3 Å². The Balaban J connectivity index is 1.38. The summed E-state index contributed by atoms with van der Waals surface area (Å²) in [6.07, 6.45) is 0.192. The molecule has 0 saturated heterocycles. The van der Waals surface area contributed by atoms with Gasteiger partial charge < -0.3 is 34.8 Å². The molecule has 5 rings (SSSR count). The molecule has 2 heterocycles. The maximum absolute atomic E-state index is 13.5. The van der Waals surface area contributed by atoms with Crippen molar-refractivity contribution in [3.05, 3.63) is 101 Å². The zero-order valence-electron chi connectivity index (χ0n) is 25.3. The van der Waals surface area contributed by atoms with Crippen LogP contribution >= 0.6 is 0 Å². The van der Waals surface area contributed by atoms with Gasteiger partial charge in [-0.2, -0.15) is 0 Å². The van der Waals surface area contributed by atoms with E-state index in [1.165, 1.54) is 39.3 Å². The molecule has 0 aliphatic rings. The maximum atomic E-state index is 13.5. The fraction of sp³-hybridized carbons (Fsp3) is 0.206. The number of carbonyl (C=O) groups is 5. The third-order valence-corrected chi connectivity index (χ3v) is 7.29. The van der Waals surface area contributed by atoms with Crippen LogP contribution in [-0.2, 0) is 36.7 Å². The van der Waals surface area contributed by atoms with Gasteiger partial charge in [0.25, 0.3) is 11.8 Å². The van der Waals surface area contributed by atoms with Gasteiger partial charge in [-0.25, -0.2) is 9.59 Å². The zero-order chi connectivity index (χ0) is 32.8. The molecule has 0 saturated carbocycles. The Kier molecular flexibility index (Phi) is 9.46. The highest BCUT2D eigenvalue weighted by Gasteiger charge is 2.27. The molecule has 0 bridgehead atoms. The Morgan fingerprint density at radius 1 is 0.652 bits per heavy atom. The largest absolute Gasteiger partial charge is 0.467 e. The Hall–Kier alpha value is -5.91. The standard InChI is InChI=1S/C34H32N4O8/c1-19(39)46-26-15-22(31(40)37-29(33(42)44-2)17-24-13-20-8-4-6-10-27(20)35-24)12-23(16-26)32(41)38-30(34(43)45-3)18-25-14-21-9-5-7-11-28(21)36-25/h4-16,29-30,35-36H,17-18H2,1-3H3,(H,37,40)(H,38,41). The van der Waals surface area contributed by atoms with Gasteiger partial charge in [0.2, 0.25) is 0 Å². The van der Waals surface area contributed by atoms with Gasteiger partial charge in [0.1, 0.15) is 17.8 Å². The summed E-state index contributed by atoms with van der Waals surface area (Å²) in [6.45, 7) is 1.17. The number of para-hydroxylation sites is 2. The number of aromatic nitrogens is 2. The normalized spacial score (nSPS) is 12.2. The van der Waals surface area contributed by atoms with Crippen molar-refractivity contribution < 1.29 is 38.2 Å². The second-order valence-corrected chi connectivity index (χ2v) is 10.6. The minimum absolute atomic E-state index is 0.0697. The summed E-state index contributed by atoms with van der Waals surface area (Å²) in [5.74, 6) is -3.57. The molecule has 0 aliphatic heterocycles. The lowest BCUT2D eigenvalue weighted by Crippen LogP contribution is -2.44. The van der Waals surface area contributed by atoms with Gasteiger partial charge in [-0.1, -0.05) is 36.4 Å². The SMILES string of the molecule is COC(=O)C(Cc1cc2ccccc2[nH]1)NC(=O)c1cc(OC(C)=O)cc(C(=O)NC(Cc2cc3ccccc3[nH]2)C(=O)OC)c1. The number of nitrogens with one attached hydrogen (secondary N) is 4. The van der Waals surface area contributed by atoms with Crippen LogP contribution in [0.15, 0.2) is 78.9 Å². The topological polar surface area (TPSA) is 169 Å². The van der Waals surface area contributed by atoms with Gasteiger partial charge in [-0.15, -0.1) is 0 Å². The first kappa shape index (κ1) is 31.5. The molecule has 2 unspecified atom stereocenters. The number of hydrogen-bond acceptors (Lipinski definition) is 8. The highest BCUT2D eigenvalue weighted by Crippen LogP contribution is 2.21. The third kappa shape index (κ3) is 7.41. The highest BCUT2D eigenvalue weighted by molar-refractivity contribution is 6.02. The number of hydrogen-bond donors (Lipinski definition) is 4. The Labute approximate surface area is 263 Å². The number of amides is 2. The summed E-state index contributed by atoms with van der Waals surface area (Å²) < 4.78 is 15.1. The van der Waals surface area contributed by atoms with Crippen LogP contribution in [0.25, 0.3) is 21.8 Å². The first-order chi connectivity index (χ1) is 22.1. The van der Waals surface area contributed by atoms with Crippen molar-refractivity contribution in [2.24, 2.45) is 0 Å². The lowest BCUT2D eigenvalue weighted by Gasteiger charge is -2.18. The predicted molar refractivity (Wildman–Crippen MR) is 168 cm³/mol. The van der Waals surface area contributed by atoms with Crippen molar-refractivity contribution in [3.8, 4) is 5.75 Å². The monoisotopic (exact) mass is 624 g/mol. The molecular weight excluding hydrogens is 592 g/mol. The van der Waals surface area contributed by atoms with Crippen molar-refractivity contribution in [1.82, 2.24) is 20.6 Å². The van der Waals surface area contributed by atoms with Gasteiger partial charge in [0.05, 0.1) is 14.2 Å². The number of H-pyrrole nitrogens is 2. The summed E-state index contributed by atoms with van der Waals surface area (Å²) in [7, 11) is 2.42. The van der Waals surface area contributed by atoms with Crippen molar-refractivity contribution in [2.75, 3.05) is 14.2 Å². The maximum Gasteiger partial charge on any atom is 0.328 e. The number of esters is 3. The van der Waals surface area contributed by atoms with Crippen LogP contribution in [0.3, 0.4) is 0 Å². The summed E-state index contributed by atoms with van der Waals surface area (Å²) in [4.78, 5) is 70.5. The second-order valence-electron chi connectivity index (χ2n) is 10.6. The van der Waals surface area contributed by atoms with Gasteiger partial charge >= 0.3 is 17.9 Å². The first-order valence-electron chi connectivity index (χ1n) is 14.4. The second kappa shape index (κ2) is 13.8. The number of benzene rings is 3. The minimum Gasteiger partial charge on any atom is -0.467 e. The van der Waals surface area contributed by atoms with Gasteiger partial charge in [-0.05, 0) is 53.2 Å². The Morgan fingerprint density at radius 2 is 1.09 bits per heavy atom. The molecule has 2 amide bonds. The first-order valence-corrected chi connectivity index (χ1v) is 14.4. The summed E-state index contributed by atoms with van der Waals surface area (Å²) in [6, 6.07) is 20.5. The van der Waals surface area contributed by atoms with Crippen molar-refractivity contribution in [2.45, 2.75) is 31.8 Å². The molecule has 2 atom stereocenters. The van der Waals surface area contributed by atoms with E-state index < -0.39 is 41.8 Å². The molecule has 236 valence electrons. The van der Waals surface area contributed by atoms with E-state index in [0.717, 1.165) is 21.8 Å². The predicted octanol–water partition coefficient (Wildman–Crippen LogP) is 3.60. The van der Waals surface area contributed by atoms with Crippen LogP contribution in [0.4, 0.5) is 0 Å². The van der Waals surface area contributed by atoms with Crippen LogP contribution in [0.2, 0.25) is 0 Å². The van der Waals surface area contributed by atoms with E-state index >= 15 is 0 Å². The van der Waals surface area contributed by atoms with Crippen LogP contribution in [-0.4, -0.2) is 66.0 Å². The Morgan fingerprint density at radius 3 is 1.48 bits per heavy atom. The van der Waals surface area contributed by atoms with Crippen LogP contribution in [0.5, 0.6) is 5.75 Å².